The highest BCUT2D eigenvalue weighted by Gasteiger charge is 2.14. The van der Waals surface area contributed by atoms with Crippen molar-refractivity contribution >= 4 is 15.7 Å². The third-order valence-corrected chi connectivity index (χ3v) is 3.72. The van der Waals surface area contributed by atoms with Crippen LogP contribution in [0.5, 0.6) is 0 Å². The number of hydrogen-bond donors (Lipinski definition) is 1. The van der Waals surface area contributed by atoms with Crippen molar-refractivity contribution in [2.75, 3.05) is 18.6 Å². The normalized spacial score (nSPS) is 12.2. The van der Waals surface area contributed by atoms with Crippen LogP contribution in [-0.4, -0.2) is 32.9 Å². The number of carbonyl (C=O) groups is 1. The number of benzene rings is 1. The van der Waals surface area contributed by atoms with E-state index in [1.165, 1.54) is 0 Å². The molecule has 4 nitrogen and oxygen atoms in total. The molecule has 106 valence electrons. The van der Waals surface area contributed by atoms with Crippen molar-refractivity contribution in [1.29, 1.82) is 0 Å². The van der Waals surface area contributed by atoms with Crippen molar-refractivity contribution in [3.05, 3.63) is 35.4 Å². The fourth-order valence-corrected chi connectivity index (χ4v) is 2.05. The van der Waals surface area contributed by atoms with Crippen LogP contribution in [0.25, 0.3) is 0 Å². The van der Waals surface area contributed by atoms with Crippen molar-refractivity contribution in [3.8, 4) is 0 Å². The first-order valence-corrected chi connectivity index (χ1v) is 8.22. The minimum Gasteiger partial charge on any atom is -0.351 e. The summed E-state index contributed by atoms with van der Waals surface area (Å²) in [7, 11) is -3.04. The molecule has 5 heteroatoms. The van der Waals surface area contributed by atoms with Crippen molar-refractivity contribution in [2.24, 2.45) is 0 Å². The smallest absolute Gasteiger partial charge is 0.251 e. The highest BCUT2D eigenvalue weighted by atomic mass is 32.2. The van der Waals surface area contributed by atoms with Gasteiger partial charge < -0.3 is 5.32 Å². The van der Waals surface area contributed by atoms with Crippen LogP contribution in [0.15, 0.2) is 24.3 Å². The number of hydrogen-bond acceptors (Lipinski definition) is 3. The van der Waals surface area contributed by atoms with Gasteiger partial charge in [0.25, 0.3) is 5.91 Å². The lowest BCUT2D eigenvalue weighted by Gasteiger charge is -2.19. The fourth-order valence-electron chi connectivity index (χ4n) is 1.57. The van der Waals surface area contributed by atoms with Crippen LogP contribution in [0.4, 0.5) is 0 Å². The molecule has 0 aromatic heterocycles. The summed E-state index contributed by atoms with van der Waals surface area (Å²) in [4.78, 5) is 11.8. The van der Waals surface area contributed by atoms with Crippen LogP contribution < -0.4 is 5.32 Å². The maximum atomic E-state index is 11.8. The van der Waals surface area contributed by atoms with Gasteiger partial charge in [0.1, 0.15) is 9.84 Å². The third kappa shape index (κ3) is 5.42. The molecule has 0 unspecified atom stereocenters. The third-order valence-electron chi connectivity index (χ3n) is 2.77. The fraction of sp³-hybridized carbons (Fsp3) is 0.500. The molecule has 0 bridgehead atoms. The second kappa shape index (κ2) is 5.74. The van der Waals surface area contributed by atoms with Crippen LogP contribution in [0, 0.1) is 0 Å². The van der Waals surface area contributed by atoms with Crippen molar-refractivity contribution < 1.29 is 13.2 Å². The minimum atomic E-state index is -3.04. The molecule has 1 aromatic carbocycles. The lowest BCUT2D eigenvalue weighted by Crippen LogP contribution is -2.28. The molecule has 1 rings (SSSR count). The molecule has 0 radical (unpaired) electrons. The molecule has 0 aliphatic carbocycles. The van der Waals surface area contributed by atoms with E-state index >= 15 is 0 Å². The molecule has 0 saturated carbocycles. The topological polar surface area (TPSA) is 63.2 Å². The standard InChI is InChI=1S/C14H21NO3S/c1-14(2,3)12-7-5-11(6-8-12)13(16)15-9-10-19(4,17)18/h5-8H,9-10H2,1-4H3,(H,15,16). The summed E-state index contributed by atoms with van der Waals surface area (Å²) in [5, 5.41) is 2.60. The highest BCUT2D eigenvalue weighted by molar-refractivity contribution is 7.90. The van der Waals surface area contributed by atoms with Crippen LogP contribution in [0.3, 0.4) is 0 Å². The Morgan fingerprint density at radius 1 is 1.16 bits per heavy atom. The van der Waals surface area contributed by atoms with Gasteiger partial charge in [-0.1, -0.05) is 32.9 Å². The van der Waals surface area contributed by atoms with E-state index < -0.39 is 9.84 Å². The van der Waals surface area contributed by atoms with E-state index in [2.05, 4.69) is 26.1 Å². The molecule has 0 heterocycles. The summed E-state index contributed by atoms with van der Waals surface area (Å²) >= 11 is 0. The zero-order valence-electron chi connectivity index (χ0n) is 11.9. The van der Waals surface area contributed by atoms with Crippen LogP contribution in [0.1, 0.15) is 36.7 Å². The highest BCUT2D eigenvalue weighted by Crippen LogP contribution is 2.22. The quantitative estimate of drug-likeness (QED) is 0.916. The van der Waals surface area contributed by atoms with Crippen LogP contribution in [0.2, 0.25) is 0 Å². The van der Waals surface area contributed by atoms with E-state index in [1.807, 2.05) is 12.1 Å². The SMILES string of the molecule is CC(C)(C)c1ccc(C(=O)NCCS(C)(=O)=O)cc1. The second-order valence-corrected chi connectivity index (χ2v) is 7.97. The predicted octanol–water partition coefficient (Wildman–Crippen LogP) is 1.76. The van der Waals surface area contributed by atoms with Crippen molar-refractivity contribution in [2.45, 2.75) is 26.2 Å². The Bertz CT molecular complexity index is 539. The van der Waals surface area contributed by atoms with Gasteiger partial charge in [-0.25, -0.2) is 8.42 Å². The van der Waals surface area contributed by atoms with Gasteiger partial charge in [0, 0.05) is 18.4 Å². The number of carbonyl (C=O) groups excluding carboxylic acids is 1. The van der Waals surface area contributed by atoms with E-state index in [4.69, 9.17) is 0 Å². The maximum Gasteiger partial charge on any atom is 0.251 e. The van der Waals surface area contributed by atoms with E-state index in [1.54, 1.807) is 12.1 Å². The van der Waals surface area contributed by atoms with Crippen molar-refractivity contribution in [3.63, 3.8) is 0 Å². The van der Waals surface area contributed by atoms with E-state index in [0.717, 1.165) is 11.8 Å². The molecule has 0 saturated heterocycles. The molecular formula is C14H21NO3S. The molecule has 0 aliphatic rings. The summed E-state index contributed by atoms with van der Waals surface area (Å²) in [6.07, 6.45) is 1.15. The van der Waals surface area contributed by atoms with Gasteiger partial charge in [-0.3, -0.25) is 4.79 Å². The number of rotatable bonds is 4. The average molecular weight is 283 g/mol. The van der Waals surface area contributed by atoms with Gasteiger partial charge in [-0.05, 0) is 23.1 Å². The number of sulfone groups is 1. The van der Waals surface area contributed by atoms with E-state index in [-0.39, 0.29) is 23.6 Å². The number of amides is 1. The van der Waals surface area contributed by atoms with Crippen LogP contribution in [-0.2, 0) is 15.3 Å². The van der Waals surface area contributed by atoms with Crippen LogP contribution >= 0.6 is 0 Å². The molecule has 1 aromatic rings. The predicted molar refractivity (Wildman–Crippen MR) is 77.2 cm³/mol. The first-order valence-electron chi connectivity index (χ1n) is 6.16. The summed E-state index contributed by atoms with van der Waals surface area (Å²) in [5.74, 6) is -0.289. The lowest BCUT2D eigenvalue weighted by atomic mass is 9.87. The van der Waals surface area contributed by atoms with Gasteiger partial charge in [0.15, 0.2) is 0 Å². The lowest BCUT2D eigenvalue weighted by molar-refractivity contribution is 0.0956. The van der Waals surface area contributed by atoms with Gasteiger partial charge in [-0.2, -0.15) is 0 Å². The molecular weight excluding hydrogens is 262 g/mol. The van der Waals surface area contributed by atoms with Crippen molar-refractivity contribution in [1.82, 2.24) is 5.32 Å². The average Bonchev–Trinajstić information content (AvgIpc) is 2.26. The molecule has 0 aliphatic heterocycles. The molecule has 0 atom stereocenters. The summed E-state index contributed by atoms with van der Waals surface area (Å²) in [6.45, 7) is 6.45. The minimum absolute atomic E-state index is 0.0428. The first kappa shape index (κ1) is 15.7. The Kier molecular flexibility index (Phi) is 4.74. The first-order chi connectivity index (χ1) is 8.59. The summed E-state index contributed by atoms with van der Waals surface area (Å²) < 4.78 is 21.9. The zero-order chi connectivity index (χ0) is 14.7. The Balaban J connectivity index is 2.64. The molecule has 19 heavy (non-hydrogen) atoms. The Morgan fingerprint density at radius 3 is 2.11 bits per heavy atom. The maximum absolute atomic E-state index is 11.8. The Hall–Kier alpha value is -1.36. The second-order valence-electron chi connectivity index (χ2n) is 5.71. The molecule has 1 N–H and O–H groups in total. The molecule has 1 amide bonds. The van der Waals surface area contributed by atoms with Gasteiger partial charge in [0.05, 0.1) is 5.75 Å². The van der Waals surface area contributed by atoms with E-state index in [9.17, 15) is 13.2 Å². The molecule has 0 fully saturated rings. The van der Waals surface area contributed by atoms with Gasteiger partial charge in [0.2, 0.25) is 0 Å². The Morgan fingerprint density at radius 2 is 1.68 bits per heavy atom. The Labute approximate surface area is 115 Å². The monoisotopic (exact) mass is 283 g/mol. The summed E-state index contributed by atoms with van der Waals surface area (Å²) in [6, 6.07) is 7.36. The number of nitrogens with one attached hydrogen (secondary N) is 1. The van der Waals surface area contributed by atoms with Gasteiger partial charge >= 0.3 is 0 Å². The molecule has 0 spiro atoms. The van der Waals surface area contributed by atoms with Gasteiger partial charge in [-0.15, -0.1) is 0 Å². The largest absolute Gasteiger partial charge is 0.351 e. The van der Waals surface area contributed by atoms with E-state index in [0.29, 0.717) is 5.56 Å². The zero-order valence-corrected chi connectivity index (χ0v) is 12.7. The summed E-state index contributed by atoms with van der Waals surface area (Å²) in [5.41, 5.74) is 1.74.